The van der Waals surface area contributed by atoms with Gasteiger partial charge >= 0.3 is 17.9 Å². The third kappa shape index (κ3) is 45.9. The fraction of sp³-hybridized carbons (Fsp3) is 0.944. The molecule has 0 heterocycles. The van der Waals surface area contributed by atoms with Gasteiger partial charge in [-0.05, 0) is 31.1 Å². The van der Waals surface area contributed by atoms with Gasteiger partial charge in [0.15, 0.2) is 6.10 Å². The quantitative estimate of drug-likeness (QED) is 0.0345. The van der Waals surface area contributed by atoms with E-state index >= 15 is 0 Å². The van der Waals surface area contributed by atoms with Crippen LogP contribution in [0.3, 0.4) is 0 Å². The summed E-state index contributed by atoms with van der Waals surface area (Å²) in [7, 11) is 0. The SMILES string of the molecule is CCCCCCCCCCCC(=O)O[C@@H](COC(=O)CCCCCCCCCCCCCCCCCCC(C)C)COC(=O)CCCCCCCCCCCCC(C)CC. The highest BCUT2D eigenvalue weighted by molar-refractivity contribution is 5.71. The summed E-state index contributed by atoms with van der Waals surface area (Å²) < 4.78 is 16.8. The van der Waals surface area contributed by atoms with Gasteiger partial charge in [-0.25, -0.2) is 0 Å². The lowest BCUT2D eigenvalue weighted by Crippen LogP contribution is -2.30. The molecule has 0 aliphatic heterocycles. The van der Waals surface area contributed by atoms with Crippen molar-refractivity contribution >= 4 is 17.9 Å². The average Bonchev–Trinajstić information content (AvgIpc) is 3.23. The summed E-state index contributed by atoms with van der Waals surface area (Å²) in [5.41, 5.74) is 0. The monoisotopic (exact) mass is 849 g/mol. The molecule has 6 nitrogen and oxygen atoms in total. The van der Waals surface area contributed by atoms with Crippen molar-refractivity contribution in [1.29, 1.82) is 0 Å². The highest BCUT2D eigenvalue weighted by Crippen LogP contribution is 2.18. The average molecular weight is 849 g/mol. The molecule has 6 heteroatoms. The van der Waals surface area contributed by atoms with Gasteiger partial charge in [-0.1, -0.05) is 259 Å². The van der Waals surface area contributed by atoms with Crippen molar-refractivity contribution < 1.29 is 28.6 Å². The minimum Gasteiger partial charge on any atom is -0.462 e. The third-order valence-electron chi connectivity index (χ3n) is 12.6. The summed E-state index contributed by atoms with van der Waals surface area (Å²) in [6.45, 7) is 11.4. The largest absolute Gasteiger partial charge is 0.462 e. The van der Waals surface area contributed by atoms with Crippen LogP contribution in [0.1, 0.15) is 298 Å². The zero-order valence-corrected chi connectivity index (χ0v) is 41.1. The number of hydrogen-bond donors (Lipinski definition) is 0. The van der Waals surface area contributed by atoms with Crippen molar-refractivity contribution in [2.75, 3.05) is 13.2 Å². The van der Waals surface area contributed by atoms with Crippen LogP contribution in [-0.4, -0.2) is 37.2 Å². The standard InChI is InChI=1S/C54H104O6/c1-6-8-9-10-11-22-31-36-41-46-54(57)60-51(48-59-53(56)45-40-35-30-26-21-20-24-28-33-38-43-50(5)7-2)47-58-52(55)44-39-34-29-25-19-17-15-13-12-14-16-18-23-27-32-37-42-49(3)4/h49-51H,6-48H2,1-5H3/t50?,51-/m0/s1. The van der Waals surface area contributed by atoms with Crippen molar-refractivity contribution in [2.45, 2.75) is 304 Å². The Bertz CT molecular complexity index is 918. The van der Waals surface area contributed by atoms with E-state index in [0.29, 0.717) is 19.3 Å². The fourth-order valence-electron chi connectivity index (χ4n) is 8.13. The lowest BCUT2D eigenvalue weighted by molar-refractivity contribution is -0.167. The molecule has 0 radical (unpaired) electrons. The molecule has 0 aliphatic rings. The first-order valence-corrected chi connectivity index (χ1v) is 26.8. The van der Waals surface area contributed by atoms with Gasteiger partial charge in [-0.15, -0.1) is 0 Å². The van der Waals surface area contributed by atoms with Gasteiger partial charge in [-0.2, -0.15) is 0 Å². The number of carbonyl (C=O) groups is 3. The van der Waals surface area contributed by atoms with Crippen molar-refractivity contribution in [3.63, 3.8) is 0 Å². The van der Waals surface area contributed by atoms with Gasteiger partial charge in [-0.3, -0.25) is 14.4 Å². The Morgan fingerprint density at radius 3 is 0.950 bits per heavy atom. The molecule has 356 valence electrons. The molecule has 0 fully saturated rings. The van der Waals surface area contributed by atoms with E-state index in [9.17, 15) is 14.4 Å². The van der Waals surface area contributed by atoms with E-state index in [-0.39, 0.29) is 31.1 Å². The zero-order valence-electron chi connectivity index (χ0n) is 41.1. The number of esters is 3. The van der Waals surface area contributed by atoms with Crippen LogP contribution in [-0.2, 0) is 28.6 Å². The van der Waals surface area contributed by atoms with Crippen molar-refractivity contribution in [1.82, 2.24) is 0 Å². The molecule has 0 bridgehead atoms. The number of hydrogen-bond acceptors (Lipinski definition) is 6. The Balaban J connectivity index is 4.21. The van der Waals surface area contributed by atoms with Crippen LogP contribution in [0.2, 0.25) is 0 Å². The Morgan fingerprint density at radius 1 is 0.350 bits per heavy atom. The van der Waals surface area contributed by atoms with Gasteiger partial charge < -0.3 is 14.2 Å². The molecular weight excluding hydrogens is 745 g/mol. The molecule has 60 heavy (non-hydrogen) atoms. The van der Waals surface area contributed by atoms with E-state index < -0.39 is 6.10 Å². The van der Waals surface area contributed by atoms with Gasteiger partial charge in [0.1, 0.15) is 13.2 Å². The second kappa shape index (κ2) is 46.9. The topological polar surface area (TPSA) is 78.9 Å². The summed E-state index contributed by atoms with van der Waals surface area (Å²) in [6, 6.07) is 0. The molecule has 0 amide bonds. The van der Waals surface area contributed by atoms with Gasteiger partial charge in [0.25, 0.3) is 0 Å². The molecule has 0 saturated heterocycles. The molecule has 0 aromatic rings. The first-order chi connectivity index (χ1) is 29.3. The van der Waals surface area contributed by atoms with Crippen molar-refractivity contribution in [3.8, 4) is 0 Å². The van der Waals surface area contributed by atoms with Crippen LogP contribution in [0.4, 0.5) is 0 Å². The summed E-state index contributed by atoms with van der Waals surface area (Å²) in [4.78, 5) is 37.9. The van der Waals surface area contributed by atoms with E-state index in [1.165, 1.54) is 186 Å². The van der Waals surface area contributed by atoms with Crippen molar-refractivity contribution in [3.05, 3.63) is 0 Å². The van der Waals surface area contributed by atoms with Crippen LogP contribution in [0.25, 0.3) is 0 Å². The van der Waals surface area contributed by atoms with Crippen molar-refractivity contribution in [2.24, 2.45) is 11.8 Å². The van der Waals surface area contributed by atoms with Gasteiger partial charge in [0, 0.05) is 19.3 Å². The first-order valence-electron chi connectivity index (χ1n) is 26.8. The number of rotatable bonds is 48. The van der Waals surface area contributed by atoms with E-state index in [0.717, 1.165) is 69.6 Å². The van der Waals surface area contributed by atoms with E-state index in [4.69, 9.17) is 14.2 Å². The molecule has 0 aromatic carbocycles. The highest BCUT2D eigenvalue weighted by atomic mass is 16.6. The Labute approximate surface area is 374 Å². The van der Waals surface area contributed by atoms with Crippen LogP contribution >= 0.6 is 0 Å². The number of unbranched alkanes of at least 4 members (excludes halogenated alkanes) is 32. The second-order valence-corrected chi connectivity index (χ2v) is 19.2. The minimum atomic E-state index is -0.761. The lowest BCUT2D eigenvalue weighted by Gasteiger charge is -2.18. The van der Waals surface area contributed by atoms with Crippen LogP contribution < -0.4 is 0 Å². The van der Waals surface area contributed by atoms with Crippen LogP contribution in [0, 0.1) is 11.8 Å². The van der Waals surface area contributed by atoms with Crippen LogP contribution in [0.5, 0.6) is 0 Å². The van der Waals surface area contributed by atoms with E-state index in [1.807, 2.05) is 0 Å². The van der Waals surface area contributed by atoms with Gasteiger partial charge in [0.05, 0.1) is 0 Å². The maximum absolute atomic E-state index is 12.7. The molecule has 0 saturated carbocycles. The molecule has 0 aromatic heterocycles. The summed E-state index contributed by atoms with van der Waals surface area (Å²) in [5, 5.41) is 0. The summed E-state index contributed by atoms with van der Waals surface area (Å²) in [6.07, 6.45) is 48.0. The van der Waals surface area contributed by atoms with Gasteiger partial charge in [0.2, 0.25) is 0 Å². The molecule has 0 spiro atoms. The second-order valence-electron chi connectivity index (χ2n) is 19.2. The maximum atomic E-state index is 12.7. The Hall–Kier alpha value is -1.59. The maximum Gasteiger partial charge on any atom is 0.306 e. The Kier molecular flexibility index (Phi) is 45.7. The first kappa shape index (κ1) is 58.4. The summed E-state index contributed by atoms with van der Waals surface area (Å²) >= 11 is 0. The molecular formula is C54H104O6. The normalized spacial score (nSPS) is 12.5. The van der Waals surface area contributed by atoms with E-state index in [1.54, 1.807) is 0 Å². The lowest BCUT2D eigenvalue weighted by atomic mass is 9.99. The smallest absolute Gasteiger partial charge is 0.306 e. The number of ether oxygens (including phenoxy) is 3. The van der Waals surface area contributed by atoms with E-state index in [2.05, 4.69) is 34.6 Å². The Morgan fingerprint density at radius 2 is 0.633 bits per heavy atom. The number of carbonyl (C=O) groups excluding carboxylic acids is 3. The zero-order chi connectivity index (χ0) is 44.0. The fourth-order valence-corrected chi connectivity index (χ4v) is 8.13. The summed E-state index contributed by atoms with van der Waals surface area (Å²) in [5.74, 6) is 0.874. The molecule has 0 aliphatic carbocycles. The highest BCUT2D eigenvalue weighted by Gasteiger charge is 2.19. The molecule has 0 rings (SSSR count). The molecule has 2 atom stereocenters. The molecule has 1 unspecified atom stereocenters. The minimum absolute atomic E-state index is 0.0636. The van der Waals surface area contributed by atoms with Crippen LogP contribution in [0.15, 0.2) is 0 Å². The third-order valence-corrected chi connectivity index (χ3v) is 12.6. The molecule has 0 N–H and O–H groups in total. The predicted molar refractivity (Wildman–Crippen MR) is 256 cm³/mol. The predicted octanol–water partition coefficient (Wildman–Crippen LogP) is 17.3.